The number of thiophene rings is 1. The molecule has 7 nitrogen and oxygen atoms in total. The average Bonchev–Trinajstić information content (AvgIpc) is 3.52. The number of carboxylic acids is 1. The molecule has 0 spiro atoms. The van der Waals surface area contributed by atoms with Crippen molar-refractivity contribution in [2.45, 2.75) is 34.4 Å². The minimum atomic E-state index is -1.20. The van der Waals surface area contributed by atoms with Crippen LogP contribution in [0.25, 0.3) is 21.9 Å². The molecule has 2 N–H and O–H groups in total. The summed E-state index contributed by atoms with van der Waals surface area (Å²) < 4.78 is 6.13. The van der Waals surface area contributed by atoms with E-state index in [2.05, 4.69) is 5.32 Å². The van der Waals surface area contributed by atoms with Crippen molar-refractivity contribution in [1.29, 1.82) is 0 Å². The molecule has 0 saturated carbocycles. The Morgan fingerprint density at radius 1 is 1.19 bits per heavy atom. The summed E-state index contributed by atoms with van der Waals surface area (Å²) in [4.78, 5) is 41.2. The molecule has 2 amide bonds. The number of carboxylic acid groups (broad SMARTS) is 1. The molecular weight excluding hydrogens is 552 g/mol. The van der Waals surface area contributed by atoms with Gasteiger partial charge in [-0.1, -0.05) is 42.1 Å². The van der Waals surface area contributed by atoms with Crippen LogP contribution < -0.4 is 5.32 Å². The lowest BCUT2D eigenvalue weighted by atomic mass is 10.1. The summed E-state index contributed by atoms with van der Waals surface area (Å²) >= 11 is 10.2. The Balaban J connectivity index is 1.44. The van der Waals surface area contributed by atoms with Gasteiger partial charge in [-0.25, -0.2) is 4.79 Å². The van der Waals surface area contributed by atoms with Gasteiger partial charge in [0.1, 0.15) is 22.2 Å². The fourth-order valence-electron chi connectivity index (χ4n) is 4.59. The Bertz CT molecular complexity index is 1600. The van der Waals surface area contributed by atoms with E-state index in [1.165, 1.54) is 39.8 Å². The lowest BCUT2D eigenvalue weighted by molar-refractivity contribution is -0.146. The van der Waals surface area contributed by atoms with Crippen LogP contribution in [0.15, 0.2) is 73.8 Å². The minimum absolute atomic E-state index is 0.0855. The summed E-state index contributed by atoms with van der Waals surface area (Å²) in [5.41, 5.74) is 2.11. The highest BCUT2D eigenvalue weighted by Crippen LogP contribution is 2.50. The second kappa shape index (κ2) is 9.75. The first-order valence-corrected chi connectivity index (χ1v) is 14.6. The average molecular weight is 571 g/mol. The van der Waals surface area contributed by atoms with Crippen LogP contribution in [0.2, 0.25) is 0 Å². The number of para-hydroxylation sites is 1. The highest BCUT2D eigenvalue weighted by molar-refractivity contribution is 8.06. The number of carbonyl (C=O) groups is 3. The molecule has 0 radical (unpaired) electrons. The van der Waals surface area contributed by atoms with Crippen LogP contribution >= 0.6 is 46.5 Å². The molecule has 1 saturated heterocycles. The quantitative estimate of drug-likeness (QED) is 0.215. The number of amides is 2. The van der Waals surface area contributed by atoms with E-state index in [0.29, 0.717) is 22.0 Å². The zero-order chi connectivity index (χ0) is 25.7. The van der Waals surface area contributed by atoms with Gasteiger partial charge in [-0.3, -0.25) is 14.5 Å². The van der Waals surface area contributed by atoms with Gasteiger partial charge in [0.2, 0.25) is 11.8 Å². The van der Waals surface area contributed by atoms with Crippen molar-refractivity contribution in [1.82, 2.24) is 10.2 Å². The Labute approximate surface area is 228 Å². The first-order chi connectivity index (χ1) is 17.9. The summed E-state index contributed by atoms with van der Waals surface area (Å²) in [6.07, 6.45) is 0.436. The number of halogens is 1. The van der Waals surface area contributed by atoms with Crippen LogP contribution in [0, 0.1) is 0 Å². The highest BCUT2D eigenvalue weighted by atomic mass is 35.5. The molecule has 37 heavy (non-hydrogen) atoms. The number of aliphatic carboxylic acids is 1. The van der Waals surface area contributed by atoms with Crippen LogP contribution in [-0.4, -0.2) is 38.5 Å². The van der Waals surface area contributed by atoms with E-state index in [1.807, 2.05) is 53.9 Å². The highest BCUT2D eigenvalue weighted by Gasteiger charge is 2.49. The maximum absolute atomic E-state index is 12.9. The van der Waals surface area contributed by atoms with Crippen molar-refractivity contribution in [3.63, 3.8) is 0 Å². The molecule has 0 aliphatic carbocycles. The lowest BCUT2D eigenvalue weighted by Gasteiger charge is -2.46. The summed E-state index contributed by atoms with van der Waals surface area (Å²) in [6.45, 7) is 0. The number of β-lactam (4-membered cyclic amide) rings is 1. The lowest BCUT2D eigenvalue weighted by Crippen LogP contribution is -2.57. The number of benzene rings is 2. The smallest absolute Gasteiger partial charge is 0.353 e. The van der Waals surface area contributed by atoms with E-state index in [1.54, 1.807) is 0 Å². The monoisotopic (exact) mass is 570 g/mol. The number of fused-ring (bicyclic) bond motifs is 4. The molecule has 4 aromatic rings. The maximum Gasteiger partial charge on any atom is 0.353 e. The number of furan rings is 1. The summed E-state index contributed by atoms with van der Waals surface area (Å²) in [5, 5.41) is 15.9. The van der Waals surface area contributed by atoms with Gasteiger partial charge in [-0.05, 0) is 23.6 Å². The Morgan fingerprint density at radius 2 is 2.03 bits per heavy atom. The van der Waals surface area contributed by atoms with Crippen LogP contribution in [0.3, 0.4) is 0 Å². The number of rotatable bonds is 7. The van der Waals surface area contributed by atoms with E-state index in [0.717, 1.165) is 26.1 Å². The summed E-state index contributed by atoms with van der Waals surface area (Å²) in [5.74, 6) is -1.36. The van der Waals surface area contributed by atoms with E-state index in [4.69, 9.17) is 16.0 Å². The van der Waals surface area contributed by atoms with Gasteiger partial charge in [-0.15, -0.1) is 34.7 Å². The Kier molecular flexibility index (Phi) is 6.44. The first-order valence-electron chi connectivity index (χ1n) is 11.4. The fraction of sp³-hybridized carbons (Fsp3) is 0.192. The van der Waals surface area contributed by atoms with Crippen molar-refractivity contribution in [2.24, 2.45) is 0 Å². The number of thioether (sulfide) groups is 2. The van der Waals surface area contributed by atoms with Crippen molar-refractivity contribution in [2.75, 3.05) is 0 Å². The third-order valence-electron chi connectivity index (χ3n) is 6.25. The largest absolute Gasteiger partial charge is 0.477 e. The first kappa shape index (κ1) is 24.4. The SMILES string of the molecule is O=C(Cc1cccs1)NC1S[C@@H]2CC(=O)N2C(C(=O)O)=C1Sc1cccc2oc3c(CCl)cccc3c12. The van der Waals surface area contributed by atoms with Gasteiger partial charge in [-0.2, -0.15) is 0 Å². The predicted molar refractivity (Wildman–Crippen MR) is 147 cm³/mol. The van der Waals surface area contributed by atoms with Crippen LogP contribution in [0.5, 0.6) is 0 Å². The van der Waals surface area contributed by atoms with Crippen LogP contribution in [0.1, 0.15) is 16.9 Å². The zero-order valence-electron chi connectivity index (χ0n) is 19.1. The van der Waals surface area contributed by atoms with Gasteiger partial charge in [0.15, 0.2) is 0 Å². The third kappa shape index (κ3) is 4.31. The molecule has 2 atom stereocenters. The van der Waals surface area contributed by atoms with Gasteiger partial charge in [0.25, 0.3) is 0 Å². The number of hydrogen-bond donors (Lipinski definition) is 2. The molecular formula is C26H19ClN2O5S3. The number of carbonyl (C=O) groups excluding carboxylic acids is 2. The van der Waals surface area contributed by atoms with E-state index < -0.39 is 11.3 Å². The molecule has 2 aliphatic heterocycles. The van der Waals surface area contributed by atoms with Gasteiger partial charge >= 0.3 is 5.97 Å². The van der Waals surface area contributed by atoms with E-state index in [-0.39, 0.29) is 35.7 Å². The molecule has 2 aromatic heterocycles. The molecule has 11 heteroatoms. The van der Waals surface area contributed by atoms with Gasteiger partial charge in [0.05, 0.1) is 29.0 Å². The molecule has 4 heterocycles. The molecule has 6 rings (SSSR count). The Hall–Kier alpha value is -2.92. The van der Waals surface area contributed by atoms with Crippen LogP contribution in [-0.2, 0) is 26.7 Å². The zero-order valence-corrected chi connectivity index (χ0v) is 22.3. The second-order valence-electron chi connectivity index (χ2n) is 8.54. The van der Waals surface area contributed by atoms with Crippen molar-refractivity contribution in [3.05, 3.63) is 75.0 Å². The summed E-state index contributed by atoms with van der Waals surface area (Å²) in [7, 11) is 0. The second-order valence-corrected chi connectivity index (χ2v) is 12.2. The van der Waals surface area contributed by atoms with Crippen LogP contribution in [0.4, 0.5) is 0 Å². The van der Waals surface area contributed by atoms with Crippen molar-refractivity contribution >= 4 is 86.2 Å². The van der Waals surface area contributed by atoms with E-state index >= 15 is 0 Å². The molecule has 1 unspecified atom stereocenters. The predicted octanol–water partition coefficient (Wildman–Crippen LogP) is 5.76. The normalized spacial score (nSPS) is 19.3. The minimum Gasteiger partial charge on any atom is -0.477 e. The number of nitrogens with zero attached hydrogens (tertiary/aromatic N) is 1. The van der Waals surface area contributed by atoms with Crippen molar-refractivity contribution in [3.8, 4) is 0 Å². The topological polar surface area (TPSA) is 99.9 Å². The summed E-state index contributed by atoms with van der Waals surface area (Å²) in [6, 6.07) is 15.1. The molecule has 2 aliphatic rings. The fourth-order valence-corrected chi connectivity index (χ4v) is 8.29. The number of alkyl halides is 1. The third-order valence-corrected chi connectivity index (χ3v) is 10.1. The number of nitrogens with one attached hydrogen (secondary N) is 1. The maximum atomic E-state index is 12.9. The molecule has 0 bridgehead atoms. The molecule has 188 valence electrons. The van der Waals surface area contributed by atoms with Gasteiger partial charge in [0, 0.05) is 26.1 Å². The standard InChI is InChI=1S/C26H19ClN2O5S3/c27-12-13-4-1-6-15-21-16(34-23(13)15)7-2-8-17(21)36-24-22(26(32)33)29-19(31)11-20(29)37-25(24)28-18(30)10-14-5-3-9-35-14/h1-9,20,25H,10-12H2,(H,28,30)(H,32,33)/t20-,25?/m1/s1. The van der Waals surface area contributed by atoms with Gasteiger partial charge < -0.3 is 14.8 Å². The molecule has 1 fully saturated rings. The molecule has 2 aromatic carbocycles. The number of hydrogen-bond acceptors (Lipinski definition) is 7. The van der Waals surface area contributed by atoms with Crippen molar-refractivity contribution < 1.29 is 23.9 Å². The van der Waals surface area contributed by atoms with E-state index in [9.17, 15) is 19.5 Å². The Morgan fingerprint density at radius 3 is 2.76 bits per heavy atom.